The molecule has 0 bridgehead atoms. The number of piperazine rings is 1. The predicted molar refractivity (Wildman–Crippen MR) is 118 cm³/mol. The third-order valence-electron chi connectivity index (χ3n) is 6.02. The molecule has 3 rings (SSSR count). The third kappa shape index (κ3) is 5.08. The first-order valence-corrected chi connectivity index (χ1v) is 12.3. The number of halogens is 4. The summed E-state index contributed by atoms with van der Waals surface area (Å²) in [7, 11) is -3.73. The Balaban J connectivity index is 1.86. The Morgan fingerprint density at radius 2 is 1.82 bits per heavy atom. The van der Waals surface area contributed by atoms with Gasteiger partial charge in [0.1, 0.15) is 16.5 Å². The van der Waals surface area contributed by atoms with Crippen molar-refractivity contribution in [2.75, 3.05) is 35.7 Å². The Labute approximate surface area is 190 Å². The van der Waals surface area contributed by atoms with Crippen LogP contribution in [0, 0.1) is 11.7 Å². The maximum absolute atomic E-state index is 14.0. The minimum absolute atomic E-state index is 0.0908. The summed E-state index contributed by atoms with van der Waals surface area (Å²) in [6.45, 7) is 6.11. The topological polar surface area (TPSA) is 73.7 Å². The lowest BCUT2D eigenvalue weighted by Gasteiger charge is -2.45. The Morgan fingerprint density at radius 1 is 1.15 bits per heavy atom. The molecule has 0 radical (unpaired) electrons. The summed E-state index contributed by atoms with van der Waals surface area (Å²) in [6, 6.07) is 6.58. The van der Waals surface area contributed by atoms with Crippen LogP contribution in [0.15, 0.2) is 41.4 Å². The van der Waals surface area contributed by atoms with E-state index in [4.69, 9.17) is 0 Å². The lowest BCUT2D eigenvalue weighted by molar-refractivity contribution is -0.259. The van der Waals surface area contributed by atoms with Gasteiger partial charge in [0.05, 0.1) is 6.04 Å². The van der Waals surface area contributed by atoms with E-state index < -0.39 is 27.4 Å². The van der Waals surface area contributed by atoms with Gasteiger partial charge in [-0.25, -0.2) is 17.8 Å². The van der Waals surface area contributed by atoms with Crippen LogP contribution in [0.1, 0.15) is 26.3 Å². The van der Waals surface area contributed by atoms with Gasteiger partial charge in [-0.05, 0) is 37.1 Å². The SMILES string of the molecule is CC(C)C1CN(c2ccc(F)c(S(C)(=O)=O)c2)CCN1c1ccc(C(C)(O)C(F)(F)F)cn1. The number of alkyl halides is 3. The number of aliphatic hydroxyl groups is 1. The van der Waals surface area contributed by atoms with Crippen LogP contribution < -0.4 is 9.80 Å². The molecule has 11 heteroatoms. The van der Waals surface area contributed by atoms with Crippen molar-refractivity contribution in [2.24, 2.45) is 5.92 Å². The number of benzene rings is 1. The van der Waals surface area contributed by atoms with Crippen LogP contribution in [-0.4, -0.2) is 56.6 Å². The summed E-state index contributed by atoms with van der Waals surface area (Å²) in [5, 5.41) is 9.87. The molecule has 2 atom stereocenters. The highest BCUT2D eigenvalue weighted by molar-refractivity contribution is 7.90. The zero-order valence-electron chi connectivity index (χ0n) is 18.8. The fourth-order valence-corrected chi connectivity index (χ4v) is 4.64. The second kappa shape index (κ2) is 8.75. The van der Waals surface area contributed by atoms with Crippen molar-refractivity contribution in [2.45, 2.75) is 43.5 Å². The van der Waals surface area contributed by atoms with E-state index >= 15 is 0 Å². The first kappa shape index (κ1) is 25.2. The molecular formula is C22H27F4N3O3S. The molecule has 6 nitrogen and oxygen atoms in total. The van der Waals surface area contributed by atoms with Crippen molar-refractivity contribution in [3.05, 3.63) is 47.9 Å². The zero-order chi connectivity index (χ0) is 24.8. The van der Waals surface area contributed by atoms with Crippen molar-refractivity contribution in [1.29, 1.82) is 0 Å². The molecule has 182 valence electrons. The smallest absolute Gasteiger partial charge is 0.376 e. The fourth-order valence-electron chi connectivity index (χ4n) is 3.88. The first-order chi connectivity index (χ1) is 15.1. The minimum Gasteiger partial charge on any atom is -0.376 e. The maximum Gasteiger partial charge on any atom is 0.421 e. The van der Waals surface area contributed by atoms with Gasteiger partial charge in [-0.3, -0.25) is 0 Å². The average molecular weight is 490 g/mol. The molecule has 2 aromatic rings. The van der Waals surface area contributed by atoms with Gasteiger partial charge in [-0.1, -0.05) is 19.9 Å². The van der Waals surface area contributed by atoms with Gasteiger partial charge in [0.15, 0.2) is 15.4 Å². The Kier molecular flexibility index (Phi) is 6.69. The first-order valence-electron chi connectivity index (χ1n) is 10.4. The van der Waals surface area contributed by atoms with Crippen molar-refractivity contribution < 1.29 is 31.1 Å². The number of pyridine rings is 1. The van der Waals surface area contributed by atoms with Crippen LogP contribution in [0.3, 0.4) is 0 Å². The lowest BCUT2D eigenvalue weighted by Crippen LogP contribution is -2.56. The van der Waals surface area contributed by atoms with Crippen molar-refractivity contribution in [3.63, 3.8) is 0 Å². The number of anilines is 2. The molecule has 0 aliphatic carbocycles. The summed E-state index contributed by atoms with van der Waals surface area (Å²) in [5.41, 5.74) is -2.78. The van der Waals surface area contributed by atoms with E-state index in [1.54, 1.807) is 0 Å². The van der Waals surface area contributed by atoms with E-state index in [9.17, 15) is 31.1 Å². The average Bonchev–Trinajstić information content (AvgIpc) is 2.72. The van der Waals surface area contributed by atoms with E-state index in [0.29, 0.717) is 38.1 Å². The minimum atomic E-state index is -4.83. The van der Waals surface area contributed by atoms with E-state index in [0.717, 1.165) is 18.5 Å². The van der Waals surface area contributed by atoms with E-state index in [1.807, 2.05) is 23.6 Å². The maximum atomic E-state index is 14.0. The molecule has 1 aromatic carbocycles. The standard InChI is InChI=1S/C22H27F4N3O3S/c1-14(2)18-13-28(16-6-7-17(23)19(11-16)33(4,31)32)9-10-29(18)20-8-5-15(12-27-20)21(3,30)22(24,25)26/h5-8,11-12,14,18,30H,9-10,13H2,1-4H3. The number of aromatic nitrogens is 1. The quantitative estimate of drug-likeness (QED) is 0.645. The summed E-state index contributed by atoms with van der Waals surface area (Å²) in [4.78, 5) is 7.76. The molecule has 2 heterocycles. The van der Waals surface area contributed by atoms with Crippen molar-refractivity contribution in [3.8, 4) is 0 Å². The molecule has 33 heavy (non-hydrogen) atoms. The number of hydrogen-bond acceptors (Lipinski definition) is 6. The summed E-state index contributed by atoms with van der Waals surface area (Å²) >= 11 is 0. The van der Waals surface area contributed by atoms with E-state index in [2.05, 4.69) is 4.98 Å². The second-order valence-electron chi connectivity index (χ2n) is 8.81. The van der Waals surface area contributed by atoms with Crippen LogP contribution in [-0.2, 0) is 15.4 Å². The Bertz CT molecular complexity index is 1100. The summed E-state index contributed by atoms with van der Waals surface area (Å²) in [5.74, 6) is -0.201. The Hall–Kier alpha value is -2.40. The lowest BCUT2D eigenvalue weighted by atomic mass is 9.96. The number of sulfone groups is 1. The molecule has 1 aromatic heterocycles. The van der Waals surface area contributed by atoms with Gasteiger partial charge in [-0.2, -0.15) is 13.2 Å². The van der Waals surface area contributed by atoms with Gasteiger partial charge >= 0.3 is 6.18 Å². The summed E-state index contributed by atoms with van der Waals surface area (Å²) < 4.78 is 77.2. The van der Waals surface area contributed by atoms with Crippen molar-refractivity contribution >= 4 is 21.3 Å². The second-order valence-corrected chi connectivity index (χ2v) is 10.8. The van der Waals surface area contributed by atoms with E-state index in [-0.39, 0.29) is 22.4 Å². The van der Waals surface area contributed by atoms with Crippen LogP contribution in [0.5, 0.6) is 0 Å². The van der Waals surface area contributed by atoms with Gasteiger partial charge < -0.3 is 14.9 Å². The van der Waals surface area contributed by atoms with Crippen LogP contribution in [0.25, 0.3) is 0 Å². The van der Waals surface area contributed by atoms with Crippen molar-refractivity contribution in [1.82, 2.24) is 4.98 Å². The molecule has 2 unspecified atom stereocenters. The van der Waals surface area contributed by atoms with Gasteiger partial charge in [-0.15, -0.1) is 0 Å². The number of nitrogens with zero attached hydrogens (tertiary/aromatic N) is 3. The number of rotatable bonds is 5. The number of hydrogen-bond donors (Lipinski definition) is 1. The molecule has 1 fully saturated rings. The highest BCUT2D eigenvalue weighted by Crippen LogP contribution is 2.38. The predicted octanol–water partition coefficient (Wildman–Crippen LogP) is 3.75. The molecule has 0 amide bonds. The van der Waals surface area contributed by atoms with E-state index in [1.165, 1.54) is 24.3 Å². The molecule has 1 aliphatic rings. The normalized spacial score (nSPS) is 19.6. The highest BCUT2D eigenvalue weighted by Gasteiger charge is 2.51. The zero-order valence-corrected chi connectivity index (χ0v) is 19.6. The van der Waals surface area contributed by atoms with Crippen LogP contribution in [0.2, 0.25) is 0 Å². The largest absolute Gasteiger partial charge is 0.421 e. The fraction of sp³-hybridized carbons (Fsp3) is 0.500. The van der Waals surface area contributed by atoms with Gasteiger partial charge in [0.25, 0.3) is 0 Å². The third-order valence-corrected chi connectivity index (χ3v) is 7.14. The van der Waals surface area contributed by atoms with Crippen LogP contribution in [0.4, 0.5) is 29.1 Å². The summed E-state index contributed by atoms with van der Waals surface area (Å²) in [6.07, 6.45) is -2.84. The molecule has 1 saturated heterocycles. The Morgan fingerprint density at radius 3 is 2.33 bits per heavy atom. The van der Waals surface area contributed by atoms with Crippen LogP contribution >= 0.6 is 0 Å². The molecule has 1 N–H and O–H groups in total. The van der Waals surface area contributed by atoms with Gasteiger partial charge in [0.2, 0.25) is 0 Å². The highest BCUT2D eigenvalue weighted by atomic mass is 32.2. The monoisotopic (exact) mass is 489 g/mol. The molecule has 0 spiro atoms. The van der Waals surface area contributed by atoms with Gasteiger partial charge in [0, 0.05) is 43.3 Å². The molecule has 0 saturated carbocycles. The molecular weight excluding hydrogens is 462 g/mol. The molecule has 1 aliphatic heterocycles.